The number of aliphatic carboxylic acids is 2. The maximum Gasteiger partial charge on any atom is 0.327 e. The van der Waals surface area contributed by atoms with Crippen molar-refractivity contribution in [1.29, 1.82) is 0 Å². The van der Waals surface area contributed by atoms with E-state index in [0.717, 1.165) is 26.9 Å². The normalized spacial score (nSPS) is 24.9. The summed E-state index contributed by atoms with van der Waals surface area (Å²) in [6.45, 7) is 15.0. The molecule has 0 saturated carbocycles. The summed E-state index contributed by atoms with van der Waals surface area (Å²) in [5.74, 6) is -12.2. The number of hydrogen-bond donors (Lipinski definition) is 9. The van der Waals surface area contributed by atoms with Crippen molar-refractivity contribution in [2.45, 2.75) is 123 Å². The number of H-pyrrole nitrogens is 1. The van der Waals surface area contributed by atoms with Crippen molar-refractivity contribution in [2.24, 2.45) is 23.7 Å². The minimum absolute atomic E-state index is 0.0149. The number of fused-ring (bicyclic) bond motifs is 1. The van der Waals surface area contributed by atoms with Crippen molar-refractivity contribution in [3.8, 4) is 0 Å². The van der Waals surface area contributed by atoms with E-state index in [2.05, 4.69) is 43.5 Å². The Balaban J connectivity index is 1.81. The van der Waals surface area contributed by atoms with Crippen LogP contribution in [-0.2, 0) is 60.7 Å². The number of carboxylic acids is 2. The molecule has 1 aliphatic rings. The van der Waals surface area contributed by atoms with Gasteiger partial charge in [-0.25, -0.2) is 9.59 Å². The Morgan fingerprint density at radius 1 is 0.784 bits per heavy atom. The molecule has 20 heteroatoms. The van der Waals surface area contributed by atoms with Crippen molar-refractivity contribution < 1.29 is 58.1 Å². The van der Waals surface area contributed by atoms with E-state index in [9.17, 15) is 53.4 Å². The molecule has 20 nitrogen and oxygen atoms in total. The Morgan fingerprint density at radius 2 is 1.41 bits per heavy atom. The van der Waals surface area contributed by atoms with Gasteiger partial charge in [0.15, 0.2) is 0 Å². The lowest BCUT2D eigenvalue weighted by Crippen LogP contribution is -2.59. The molecule has 400 valence electrons. The van der Waals surface area contributed by atoms with E-state index in [1.165, 1.54) is 27.8 Å². The highest BCUT2D eigenvalue weighted by Gasteiger charge is 2.38. The summed E-state index contributed by atoms with van der Waals surface area (Å²) in [5, 5.41) is 36.8. The van der Waals surface area contributed by atoms with Gasteiger partial charge in [0.1, 0.15) is 35.9 Å². The Labute approximate surface area is 431 Å². The van der Waals surface area contributed by atoms with Gasteiger partial charge >= 0.3 is 11.9 Å². The number of methoxy groups -OCH3 is 1. The summed E-state index contributed by atoms with van der Waals surface area (Å²) in [7, 11) is 2.85. The first-order valence-corrected chi connectivity index (χ1v) is 24.6. The van der Waals surface area contributed by atoms with Crippen LogP contribution in [0.4, 0.5) is 0 Å². The van der Waals surface area contributed by atoms with E-state index in [1.807, 2.05) is 68.5 Å². The first-order valence-electron chi connectivity index (χ1n) is 24.6. The van der Waals surface area contributed by atoms with E-state index in [4.69, 9.17) is 4.74 Å². The molecule has 7 amide bonds. The highest BCUT2D eigenvalue weighted by molar-refractivity contribution is 6.00. The smallest absolute Gasteiger partial charge is 0.327 e. The Morgan fingerprint density at radius 3 is 2.04 bits per heavy atom. The van der Waals surface area contributed by atoms with Gasteiger partial charge in [-0.1, -0.05) is 114 Å². The second-order valence-corrected chi connectivity index (χ2v) is 19.4. The molecule has 2 heterocycles. The van der Waals surface area contributed by atoms with Gasteiger partial charge in [-0.2, -0.15) is 0 Å². The highest BCUT2D eigenvalue weighted by Crippen LogP contribution is 2.22. The Kier molecular flexibility index (Phi) is 21.9. The average molecular weight is 1030 g/mol. The van der Waals surface area contributed by atoms with Crippen LogP contribution in [0.5, 0.6) is 0 Å². The van der Waals surface area contributed by atoms with Crippen molar-refractivity contribution in [1.82, 2.24) is 41.8 Å². The van der Waals surface area contributed by atoms with E-state index < -0.39 is 120 Å². The van der Waals surface area contributed by atoms with Crippen LogP contribution in [-0.4, -0.2) is 130 Å². The molecule has 10 atom stereocenters. The molecule has 4 rings (SSSR count). The number of hydrogen-bond acceptors (Lipinski definition) is 10. The van der Waals surface area contributed by atoms with E-state index >= 15 is 0 Å². The maximum absolute atomic E-state index is 14.8. The zero-order valence-corrected chi connectivity index (χ0v) is 43.5. The Bertz CT molecular complexity index is 2590. The van der Waals surface area contributed by atoms with Gasteiger partial charge in [-0.05, 0) is 56.2 Å². The SMILES string of the molecule is C=C1C(=O)N[C@H](C)C(=O)NC(CC(C)C)C(=O)N[C@@H](C(=O)O)[C@H](C)C(=O)NC(Cc2c[nH]c3ccccc23)C(=O)NC(/C=C/C(C)=C/[C@H](C)[C@H](Cc2ccccc2)OC)[C@H](C)C(=O)NC(C(=O)O)CCC(=O)N1C. The molecule has 1 aliphatic heterocycles. The summed E-state index contributed by atoms with van der Waals surface area (Å²) in [4.78, 5) is 127. The number of rotatable bonds is 13. The lowest BCUT2D eigenvalue weighted by molar-refractivity contribution is -0.146. The first-order chi connectivity index (χ1) is 34.9. The fourth-order valence-electron chi connectivity index (χ4n) is 8.41. The number of ether oxygens (including phenoxy) is 1. The lowest BCUT2D eigenvalue weighted by atomic mass is 9.94. The average Bonchev–Trinajstić information content (AvgIpc) is 3.77. The summed E-state index contributed by atoms with van der Waals surface area (Å²) in [5.41, 5.74) is 2.72. The molecular weight excluding hydrogens is 953 g/mol. The van der Waals surface area contributed by atoms with Gasteiger partial charge in [0.05, 0.1) is 24.0 Å². The molecule has 0 bridgehead atoms. The largest absolute Gasteiger partial charge is 0.480 e. The van der Waals surface area contributed by atoms with Crippen LogP contribution in [0.3, 0.4) is 0 Å². The number of likely N-dealkylation sites (N-methyl/N-ethyl adjacent to an activating group) is 1. The number of aromatic amines is 1. The van der Waals surface area contributed by atoms with Gasteiger partial charge < -0.3 is 56.7 Å². The van der Waals surface area contributed by atoms with Gasteiger partial charge in [-0.15, -0.1) is 0 Å². The Hall–Kier alpha value is -7.61. The summed E-state index contributed by atoms with van der Waals surface area (Å²) >= 11 is 0. The molecule has 1 aromatic heterocycles. The van der Waals surface area contributed by atoms with Crippen molar-refractivity contribution in [2.75, 3.05) is 14.2 Å². The van der Waals surface area contributed by atoms with Crippen LogP contribution < -0.4 is 31.9 Å². The minimum Gasteiger partial charge on any atom is -0.480 e. The molecule has 0 aliphatic carbocycles. The van der Waals surface area contributed by atoms with Crippen LogP contribution in [0.25, 0.3) is 10.9 Å². The number of nitrogens with zero attached hydrogens (tertiary/aromatic N) is 1. The number of aromatic nitrogens is 1. The zero-order chi connectivity index (χ0) is 55.0. The van der Waals surface area contributed by atoms with E-state index in [1.54, 1.807) is 45.4 Å². The molecular formula is C54H72N8O12. The van der Waals surface area contributed by atoms with Crippen molar-refractivity contribution in [3.63, 3.8) is 0 Å². The van der Waals surface area contributed by atoms with Crippen LogP contribution in [0.2, 0.25) is 0 Å². The monoisotopic (exact) mass is 1020 g/mol. The number of nitrogens with one attached hydrogen (secondary N) is 7. The maximum atomic E-state index is 14.8. The van der Waals surface area contributed by atoms with Crippen LogP contribution in [0.1, 0.15) is 78.9 Å². The first kappa shape index (κ1) is 59.0. The summed E-state index contributed by atoms with van der Waals surface area (Å²) < 4.78 is 5.85. The van der Waals surface area contributed by atoms with Crippen LogP contribution in [0.15, 0.2) is 96.9 Å². The van der Waals surface area contributed by atoms with Gasteiger partial charge in [-0.3, -0.25) is 33.6 Å². The quantitative estimate of drug-likeness (QED) is 0.0881. The van der Waals surface area contributed by atoms with Crippen LogP contribution >= 0.6 is 0 Å². The molecule has 0 spiro atoms. The third kappa shape index (κ3) is 16.7. The number of allylic oxidation sites excluding steroid dienone is 2. The predicted molar refractivity (Wildman–Crippen MR) is 276 cm³/mol. The number of amides is 7. The third-order valence-electron chi connectivity index (χ3n) is 13.1. The number of para-hydroxylation sites is 1. The van der Waals surface area contributed by atoms with Gasteiger partial charge in [0.2, 0.25) is 35.4 Å². The van der Waals surface area contributed by atoms with Crippen molar-refractivity contribution in [3.05, 3.63) is 108 Å². The molecule has 0 radical (unpaired) electrons. The lowest BCUT2D eigenvalue weighted by Gasteiger charge is -2.28. The fraction of sp³-hybridized carbons (Fsp3) is 0.463. The number of carbonyl (C=O) groups is 9. The molecule has 9 N–H and O–H groups in total. The van der Waals surface area contributed by atoms with E-state index in [-0.39, 0.29) is 30.8 Å². The summed E-state index contributed by atoms with van der Waals surface area (Å²) in [6.07, 6.45) is 6.26. The molecule has 3 aromatic rings. The topological polar surface area (TPSA) is 295 Å². The van der Waals surface area contributed by atoms with Crippen LogP contribution in [0, 0.1) is 23.7 Å². The molecule has 4 unspecified atom stereocenters. The number of carbonyl (C=O) groups excluding carboxylic acids is 7. The van der Waals surface area contributed by atoms with Gasteiger partial charge in [0.25, 0.3) is 5.91 Å². The highest BCUT2D eigenvalue weighted by atomic mass is 16.5. The third-order valence-corrected chi connectivity index (χ3v) is 13.1. The predicted octanol–water partition coefficient (Wildman–Crippen LogP) is 3.29. The molecule has 74 heavy (non-hydrogen) atoms. The number of carboxylic acid groups (broad SMARTS) is 2. The molecule has 1 saturated heterocycles. The second-order valence-electron chi connectivity index (χ2n) is 19.4. The van der Waals surface area contributed by atoms with Crippen molar-refractivity contribution >= 4 is 64.2 Å². The second kappa shape index (κ2) is 27.4. The number of benzene rings is 2. The molecule has 1 fully saturated rings. The zero-order valence-electron chi connectivity index (χ0n) is 43.5. The molecule has 2 aromatic carbocycles. The summed E-state index contributed by atoms with van der Waals surface area (Å²) in [6, 6.07) is 8.28. The van der Waals surface area contributed by atoms with E-state index in [0.29, 0.717) is 12.0 Å². The minimum atomic E-state index is -1.88. The van der Waals surface area contributed by atoms with Gasteiger partial charge in [0, 0.05) is 50.0 Å². The standard InChI is InChI=1S/C54H72N8O12/c1-29(2)24-42-52(69)61-46(54(72)73)33(6)48(65)59-43(27-37-28-55-40-19-15-14-18-38(37)40)51(68)57-39(21-20-30(3)25-31(4)44(74-10)26-36-16-12-11-13-17-36)32(5)47(64)58-41(53(70)71)22-23-45(63)62(9)35(8)50(67)56-34(7)49(66)60-42/h11-21,25,28-29,31-34,39,41-44,46,55H,8,22-24,26-27H2,1-7,9-10H3,(H,56,67)(H,57,68)(H,58,64)(H,59,65)(H,60,66)(H,61,69)(H,70,71)(H,72,73)/b21-20+,30-25+/t31-,32-,33-,34+,39?,41?,42?,43?,44-,46+/m0/s1. The fourth-order valence-corrected chi connectivity index (χ4v) is 8.41.